The predicted octanol–water partition coefficient (Wildman–Crippen LogP) is 2.73. The van der Waals surface area contributed by atoms with Crippen LogP contribution < -0.4 is 16.6 Å². The summed E-state index contributed by atoms with van der Waals surface area (Å²) in [7, 11) is 0. The van der Waals surface area contributed by atoms with Crippen LogP contribution in [0.2, 0.25) is 5.02 Å². The van der Waals surface area contributed by atoms with Crippen molar-refractivity contribution < 1.29 is 4.39 Å². The minimum Gasteiger partial charge on any atom is -0.362 e. The number of benzene rings is 1. The molecule has 5 nitrogen and oxygen atoms in total. The van der Waals surface area contributed by atoms with Gasteiger partial charge in [0.15, 0.2) is 5.82 Å². The summed E-state index contributed by atoms with van der Waals surface area (Å²) in [6, 6.07) is 6.22. The Morgan fingerprint density at radius 1 is 1.37 bits per heavy atom. The van der Waals surface area contributed by atoms with Crippen LogP contribution in [-0.2, 0) is 0 Å². The molecule has 0 saturated heterocycles. The van der Waals surface area contributed by atoms with Gasteiger partial charge < -0.3 is 5.32 Å². The molecule has 1 atom stereocenters. The predicted molar refractivity (Wildman–Crippen MR) is 73.3 cm³/mol. The van der Waals surface area contributed by atoms with Gasteiger partial charge >= 0.3 is 0 Å². The molecule has 7 heteroatoms. The summed E-state index contributed by atoms with van der Waals surface area (Å²) in [4.78, 5) is 7.93. The van der Waals surface area contributed by atoms with Gasteiger partial charge in [-0.15, -0.1) is 0 Å². The quantitative estimate of drug-likeness (QED) is 0.593. The molecule has 19 heavy (non-hydrogen) atoms. The van der Waals surface area contributed by atoms with Crippen molar-refractivity contribution in [2.45, 2.75) is 13.0 Å². The van der Waals surface area contributed by atoms with E-state index in [4.69, 9.17) is 17.4 Å². The molecule has 1 unspecified atom stereocenters. The maximum atomic E-state index is 13.7. The summed E-state index contributed by atoms with van der Waals surface area (Å²) in [5.41, 5.74) is 2.85. The van der Waals surface area contributed by atoms with Crippen LogP contribution in [0.1, 0.15) is 18.5 Å². The van der Waals surface area contributed by atoms with E-state index in [2.05, 4.69) is 20.7 Å². The van der Waals surface area contributed by atoms with Crippen molar-refractivity contribution in [3.63, 3.8) is 0 Å². The smallest absolute Gasteiger partial charge is 0.239 e. The Labute approximate surface area is 115 Å². The molecule has 0 fully saturated rings. The molecule has 1 heterocycles. The van der Waals surface area contributed by atoms with Crippen LogP contribution in [0.3, 0.4) is 0 Å². The van der Waals surface area contributed by atoms with Gasteiger partial charge in [0.05, 0.1) is 12.2 Å². The highest BCUT2D eigenvalue weighted by Crippen LogP contribution is 2.25. The lowest BCUT2D eigenvalue weighted by Crippen LogP contribution is -2.14. The fourth-order valence-corrected chi connectivity index (χ4v) is 1.79. The van der Waals surface area contributed by atoms with Crippen molar-refractivity contribution in [3.8, 4) is 0 Å². The van der Waals surface area contributed by atoms with Gasteiger partial charge in [-0.05, 0) is 13.0 Å². The van der Waals surface area contributed by atoms with E-state index >= 15 is 0 Å². The number of rotatable bonds is 4. The minimum absolute atomic E-state index is 0.229. The van der Waals surface area contributed by atoms with Crippen LogP contribution in [-0.4, -0.2) is 9.97 Å². The second kappa shape index (κ2) is 5.81. The molecular weight excluding hydrogens is 269 g/mol. The number of nitrogens with two attached hydrogens (primary N) is 1. The van der Waals surface area contributed by atoms with Gasteiger partial charge in [0, 0.05) is 5.56 Å². The zero-order valence-corrected chi connectivity index (χ0v) is 10.9. The second-order valence-corrected chi connectivity index (χ2v) is 4.33. The van der Waals surface area contributed by atoms with E-state index in [9.17, 15) is 4.39 Å². The molecule has 0 aliphatic heterocycles. The van der Waals surface area contributed by atoms with Crippen LogP contribution in [0.25, 0.3) is 0 Å². The highest BCUT2D eigenvalue weighted by Gasteiger charge is 2.13. The van der Waals surface area contributed by atoms with Gasteiger partial charge in [0.2, 0.25) is 5.95 Å². The van der Waals surface area contributed by atoms with Crippen molar-refractivity contribution >= 4 is 23.4 Å². The van der Waals surface area contributed by atoms with E-state index < -0.39 is 0 Å². The van der Waals surface area contributed by atoms with E-state index in [1.807, 2.05) is 6.92 Å². The molecular formula is C12H13ClFN5. The summed E-state index contributed by atoms with van der Waals surface area (Å²) in [5.74, 6) is 5.56. The van der Waals surface area contributed by atoms with Crippen LogP contribution in [0.15, 0.2) is 30.5 Å². The van der Waals surface area contributed by atoms with Gasteiger partial charge in [-0.2, -0.15) is 4.98 Å². The molecule has 0 aliphatic rings. The molecule has 0 aliphatic carbocycles. The molecule has 2 aromatic rings. The normalized spacial score (nSPS) is 12.0. The number of hydrogen-bond donors (Lipinski definition) is 3. The monoisotopic (exact) mass is 281 g/mol. The lowest BCUT2D eigenvalue weighted by Gasteiger charge is -2.16. The highest BCUT2D eigenvalue weighted by molar-refractivity contribution is 6.32. The molecule has 1 aromatic carbocycles. The Balaban J connectivity index is 2.24. The van der Waals surface area contributed by atoms with E-state index in [0.717, 1.165) is 0 Å². The zero-order valence-electron chi connectivity index (χ0n) is 10.2. The van der Waals surface area contributed by atoms with E-state index in [0.29, 0.717) is 16.4 Å². The van der Waals surface area contributed by atoms with Gasteiger partial charge in [-0.1, -0.05) is 29.8 Å². The maximum Gasteiger partial charge on any atom is 0.239 e. The number of nitrogen functional groups attached to an aromatic ring is 1. The number of halogens is 2. The number of aromatic nitrogens is 2. The Hall–Kier alpha value is -1.92. The Bertz CT molecular complexity index is 578. The molecule has 1 aromatic heterocycles. The van der Waals surface area contributed by atoms with Crippen LogP contribution >= 0.6 is 11.6 Å². The largest absolute Gasteiger partial charge is 0.362 e. The third-order valence-corrected chi connectivity index (χ3v) is 2.87. The summed E-state index contributed by atoms with van der Waals surface area (Å²) in [5, 5.41) is 3.36. The Morgan fingerprint density at radius 3 is 2.79 bits per heavy atom. The van der Waals surface area contributed by atoms with Gasteiger partial charge in [0.25, 0.3) is 0 Å². The Morgan fingerprint density at radius 2 is 2.11 bits per heavy atom. The molecule has 0 radical (unpaired) electrons. The first-order chi connectivity index (χ1) is 9.11. The lowest BCUT2D eigenvalue weighted by molar-refractivity contribution is 0.600. The van der Waals surface area contributed by atoms with Crippen molar-refractivity contribution in [2.24, 2.45) is 5.84 Å². The first-order valence-corrected chi connectivity index (χ1v) is 5.99. The number of nitrogens with zero attached hydrogens (tertiary/aromatic N) is 2. The number of hydrazine groups is 1. The van der Waals surface area contributed by atoms with Crippen molar-refractivity contribution in [1.29, 1.82) is 0 Å². The number of anilines is 2. The molecule has 4 N–H and O–H groups in total. The fourth-order valence-electron chi connectivity index (χ4n) is 1.65. The van der Waals surface area contributed by atoms with Gasteiger partial charge in [0.1, 0.15) is 10.8 Å². The number of hydrogen-bond acceptors (Lipinski definition) is 5. The molecule has 0 spiro atoms. The second-order valence-electron chi connectivity index (χ2n) is 3.92. The third kappa shape index (κ3) is 3.10. The Kier molecular flexibility index (Phi) is 4.13. The third-order valence-electron chi connectivity index (χ3n) is 2.60. The van der Waals surface area contributed by atoms with Crippen molar-refractivity contribution in [3.05, 3.63) is 46.9 Å². The molecule has 0 amide bonds. The SMILES string of the molecule is CC(Nc1nc(NN)ncc1Cl)c1ccccc1F. The molecule has 100 valence electrons. The summed E-state index contributed by atoms with van der Waals surface area (Å²) >= 11 is 5.97. The zero-order chi connectivity index (χ0) is 13.8. The minimum atomic E-state index is -0.292. The lowest BCUT2D eigenvalue weighted by atomic mass is 10.1. The maximum absolute atomic E-state index is 13.7. The van der Waals surface area contributed by atoms with Crippen molar-refractivity contribution in [2.75, 3.05) is 10.7 Å². The first-order valence-electron chi connectivity index (χ1n) is 5.62. The number of nitrogens with one attached hydrogen (secondary N) is 2. The molecule has 0 saturated carbocycles. The fraction of sp³-hybridized carbons (Fsp3) is 0.167. The molecule has 0 bridgehead atoms. The van der Waals surface area contributed by atoms with E-state index in [-0.39, 0.29) is 17.8 Å². The van der Waals surface area contributed by atoms with Crippen molar-refractivity contribution in [1.82, 2.24) is 9.97 Å². The van der Waals surface area contributed by atoms with Gasteiger partial charge in [-0.25, -0.2) is 15.2 Å². The van der Waals surface area contributed by atoms with Crippen LogP contribution in [0.4, 0.5) is 16.2 Å². The standard InChI is InChI=1S/C12H13ClFN5/c1-7(8-4-2-3-5-10(8)14)17-11-9(13)6-16-12(18-11)19-15/h2-7H,15H2,1H3,(H2,16,17,18,19). The summed E-state index contributed by atoms with van der Waals surface area (Å²) in [6.07, 6.45) is 1.42. The van der Waals surface area contributed by atoms with Crippen LogP contribution in [0, 0.1) is 5.82 Å². The molecule has 2 rings (SSSR count). The van der Waals surface area contributed by atoms with Gasteiger partial charge in [-0.3, -0.25) is 5.43 Å². The average Bonchev–Trinajstić information content (AvgIpc) is 2.41. The van der Waals surface area contributed by atoms with Crippen LogP contribution in [0.5, 0.6) is 0 Å². The van der Waals surface area contributed by atoms with E-state index in [1.165, 1.54) is 12.3 Å². The first kappa shape index (κ1) is 13.5. The van der Waals surface area contributed by atoms with E-state index in [1.54, 1.807) is 18.2 Å². The summed E-state index contributed by atoms with van der Waals surface area (Å²) in [6.45, 7) is 1.81. The average molecular weight is 282 g/mol. The highest BCUT2D eigenvalue weighted by atomic mass is 35.5. The summed E-state index contributed by atoms with van der Waals surface area (Å²) < 4.78 is 13.7. The topological polar surface area (TPSA) is 75.9 Å².